The Balaban J connectivity index is 0.00000481. The van der Waals surface area contributed by atoms with Crippen LogP contribution in [-0.2, 0) is 36.7 Å². The number of benzene rings is 4. The normalized spacial score (nSPS) is 12.4. The second-order valence-corrected chi connectivity index (χ2v) is 17.3. The van der Waals surface area contributed by atoms with Crippen LogP contribution in [0.2, 0.25) is 0 Å². The molecule has 7 aromatic rings. The predicted octanol–water partition coefficient (Wildman–Crippen LogP) is 12.2. The molecule has 0 unspecified atom stereocenters. The Labute approximate surface area is 329 Å². The molecule has 0 saturated carbocycles. The summed E-state index contributed by atoms with van der Waals surface area (Å²) in [6.45, 7) is 27.2. The fourth-order valence-electron chi connectivity index (χ4n) is 7.32. The number of fused-ring (bicyclic) bond motifs is 3. The molecule has 0 spiro atoms. The molecule has 0 aliphatic heterocycles. The van der Waals surface area contributed by atoms with E-state index < -0.39 is 0 Å². The van der Waals surface area contributed by atoms with Gasteiger partial charge in [0.1, 0.15) is 5.82 Å². The molecule has 0 aliphatic rings. The number of para-hydroxylation sites is 1. The van der Waals surface area contributed by atoms with Gasteiger partial charge in [0, 0.05) is 34.5 Å². The topological polar surface area (TPSA) is 44.9 Å². The Morgan fingerprint density at radius 2 is 1.30 bits per heavy atom. The van der Waals surface area contributed by atoms with Crippen molar-refractivity contribution in [3.8, 4) is 34.1 Å². The van der Waals surface area contributed by atoms with Crippen molar-refractivity contribution in [2.24, 2.45) is 0 Å². The molecular formula is C47H50N4OPd. The first-order valence-electron chi connectivity index (χ1n) is 18.3. The summed E-state index contributed by atoms with van der Waals surface area (Å²) in [7, 11) is 0. The van der Waals surface area contributed by atoms with Crippen LogP contribution in [-0.4, -0.2) is 19.3 Å². The van der Waals surface area contributed by atoms with Gasteiger partial charge in [-0.05, 0) is 94.1 Å². The van der Waals surface area contributed by atoms with E-state index in [0.29, 0.717) is 11.5 Å². The van der Waals surface area contributed by atoms with Gasteiger partial charge < -0.3 is 9.30 Å². The van der Waals surface area contributed by atoms with Gasteiger partial charge in [-0.1, -0.05) is 98.2 Å². The summed E-state index contributed by atoms with van der Waals surface area (Å²) in [6.07, 6.45) is 1.85. The number of hydrogen-bond acceptors (Lipinski definition) is 3. The van der Waals surface area contributed by atoms with Gasteiger partial charge in [0.05, 0.1) is 5.69 Å². The van der Waals surface area contributed by atoms with Crippen LogP contribution in [0.25, 0.3) is 44.4 Å². The van der Waals surface area contributed by atoms with Crippen molar-refractivity contribution in [2.45, 2.75) is 99.3 Å². The molecule has 0 saturated heterocycles. The molecule has 7 rings (SSSR count). The van der Waals surface area contributed by atoms with Crippen LogP contribution in [0.5, 0.6) is 11.5 Å². The zero-order valence-corrected chi connectivity index (χ0v) is 34.7. The third-order valence-corrected chi connectivity index (χ3v) is 10.0. The molecule has 0 radical (unpaired) electrons. The van der Waals surface area contributed by atoms with E-state index >= 15 is 0 Å². The Kier molecular flexibility index (Phi) is 9.90. The first-order valence-corrected chi connectivity index (χ1v) is 18.3. The Bertz CT molecular complexity index is 2450. The second kappa shape index (κ2) is 13.7. The fourth-order valence-corrected chi connectivity index (χ4v) is 7.32. The Morgan fingerprint density at radius 1 is 0.642 bits per heavy atom. The van der Waals surface area contributed by atoms with E-state index in [1.54, 1.807) is 0 Å². The van der Waals surface area contributed by atoms with E-state index in [4.69, 9.17) is 14.8 Å². The van der Waals surface area contributed by atoms with Crippen molar-refractivity contribution >= 4 is 21.8 Å². The minimum Gasteiger partial charge on any atom is -0.509 e. The largest absolute Gasteiger partial charge is 2.00 e. The molecule has 0 aliphatic carbocycles. The average Bonchev–Trinajstić information content (AvgIpc) is 3.55. The Morgan fingerprint density at radius 3 is 1.94 bits per heavy atom. The van der Waals surface area contributed by atoms with E-state index in [2.05, 4.69) is 148 Å². The summed E-state index contributed by atoms with van der Waals surface area (Å²) >= 11 is 0. The molecule has 53 heavy (non-hydrogen) atoms. The van der Waals surface area contributed by atoms with Crippen molar-refractivity contribution in [1.29, 1.82) is 0 Å². The molecule has 0 N–H and O–H groups in total. The number of ether oxygens (including phenoxy) is 1. The van der Waals surface area contributed by atoms with E-state index in [1.807, 2.05) is 41.2 Å². The van der Waals surface area contributed by atoms with Gasteiger partial charge in [-0.2, -0.15) is 17.2 Å². The van der Waals surface area contributed by atoms with Crippen LogP contribution in [0, 0.1) is 32.9 Å². The predicted molar refractivity (Wildman–Crippen MR) is 216 cm³/mol. The molecule has 0 bridgehead atoms. The van der Waals surface area contributed by atoms with Crippen molar-refractivity contribution in [2.75, 3.05) is 0 Å². The van der Waals surface area contributed by atoms with Crippen LogP contribution in [0.1, 0.15) is 96.0 Å². The molecule has 274 valence electrons. The summed E-state index contributed by atoms with van der Waals surface area (Å²) < 4.78 is 10.7. The molecule has 3 heterocycles. The summed E-state index contributed by atoms with van der Waals surface area (Å²) in [5.74, 6) is 2.06. The third-order valence-electron chi connectivity index (χ3n) is 10.0. The van der Waals surface area contributed by atoms with Crippen molar-refractivity contribution < 1.29 is 25.2 Å². The maximum Gasteiger partial charge on any atom is 2.00 e. The maximum absolute atomic E-state index is 6.51. The number of pyridine rings is 1. The van der Waals surface area contributed by atoms with Crippen LogP contribution in [0.4, 0.5) is 0 Å². The summed E-state index contributed by atoms with van der Waals surface area (Å²) in [5, 5.41) is 7.40. The van der Waals surface area contributed by atoms with Gasteiger partial charge in [-0.25, -0.2) is 4.98 Å². The minimum atomic E-state index is -0.0732. The van der Waals surface area contributed by atoms with Crippen LogP contribution in [0.15, 0.2) is 85.1 Å². The maximum atomic E-state index is 6.51. The minimum absolute atomic E-state index is 0. The molecule has 4 aromatic carbocycles. The van der Waals surface area contributed by atoms with E-state index in [1.165, 1.54) is 27.8 Å². The van der Waals surface area contributed by atoms with Crippen molar-refractivity contribution in [3.63, 3.8) is 0 Å². The molecule has 3 aromatic heterocycles. The Hall–Kier alpha value is -4.50. The molecule has 5 nitrogen and oxygen atoms in total. The number of aryl methyl sites for hydroxylation is 2. The number of nitrogens with zero attached hydrogens (tertiary/aromatic N) is 4. The van der Waals surface area contributed by atoms with E-state index in [9.17, 15) is 0 Å². The standard InChI is InChI=1S/C47H50N4O.Pd/c1-29-22-23-48-42(24-29)50-40-19-14-13-18-36(40)37-21-20-35(28-41(37)50)52-34-17-15-16-33(27-34)51-31(3)43(30(2)49-51)44-38(46(7,8)9)25-32(45(4,5)6)26-39(44)47(10,11)12;/h13-26H,1-12H3;/q-2;+2. The van der Waals surface area contributed by atoms with Gasteiger partial charge in [0.15, 0.2) is 0 Å². The fraction of sp³-hybridized carbons (Fsp3) is 0.319. The monoisotopic (exact) mass is 792 g/mol. The molecule has 6 heteroatoms. The zero-order valence-electron chi connectivity index (χ0n) is 33.1. The van der Waals surface area contributed by atoms with Crippen LogP contribution >= 0.6 is 0 Å². The zero-order chi connectivity index (χ0) is 37.3. The molecule has 0 atom stereocenters. The third kappa shape index (κ3) is 7.12. The van der Waals surface area contributed by atoms with Gasteiger partial charge in [-0.15, -0.1) is 35.7 Å². The van der Waals surface area contributed by atoms with Crippen LogP contribution in [0.3, 0.4) is 0 Å². The van der Waals surface area contributed by atoms with Gasteiger partial charge >= 0.3 is 20.4 Å². The van der Waals surface area contributed by atoms with Gasteiger partial charge in [-0.3, -0.25) is 4.68 Å². The summed E-state index contributed by atoms with van der Waals surface area (Å²) in [5.41, 5.74) is 12.4. The van der Waals surface area contributed by atoms with E-state index in [0.717, 1.165) is 50.3 Å². The van der Waals surface area contributed by atoms with Crippen LogP contribution < -0.4 is 4.74 Å². The number of aromatic nitrogens is 4. The summed E-state index contributed by atoms with van der Waals surface area (Å²) in [4.78, 5) is 4.72. The van der Waals surface area contributed by atoms with E-state index in [-0.39, 0.29) is 36.7 Å². The van der Waals surface area contributed by atoms with Crippen molar-refractivity contribution in [1.82, 2.24) is 19.3 Å². The molecule has 0 fully saturated rings. The smallest absolute Gasteiger partial charge is 0.509 e. The number of hydrogen-bond donors (Lipinski definition) is 0. The average molecular weight is 793 g/mol. The molecule has 0 amide bonds. The molecular weight excluding hydrogens is 743 g/mol. The second-order valence-electron chi connectivity index (χ2n) is 17.3. The van der Waals surface area contributed by atoms with Gasteiger partial charge in [0.2, 0.25) is 0 Å². The SMILES string of the molecule is Cc1ccnc(-n2c3[c-]c(Oc4[c-]c(-n5nc(C)c(-c6c(C(C)(C)C)cc(C(C)(C)C)cc6C(C)(C)C)c5C)ccc4)ccc3c3ccccc32)c1.[Pd+2]. The summed E-state index contributed by atoms with van der Waals surface area (Å²) in [6, 6.07) is 34.6. The first-order chi connectivity index (χ1) is 24.4. The van der Waals surface area contributed by atoms with Gasteiger partial charge in [0.25, 0.3) is 0 Å². The van der Waals surface area contributed by atoms with Crippen molar-refractivity contribution in [3.05, 3.63) is 131 Å². The number of rotatable bonds is 5. The first kappa shape index (κ1) is 38.2. The quantitative estimate of drug-likeness (QED) is 0.129.